The molecule has 128 valence electrons. The summed E-state index contributed by atoms with van der Waals surface area (Å²) in [6.45, 7) is 1.81. The average molecular weight is 339 g/mol. The fraction of sp³-hybridized carbons (Fsp3) is 0.158. The fourth-order valence-electron chi connectivity index (χ4n) is 2.57. The Labute approximate surface area is 144 Å². The Morgan fingerprint density at radius 2 is 1.96 bits per heavy atom. The van der Waals surface area contributed by atoms with Gasteiger partial charge in [0.2, 0.25) is 5.91 Å². The molecule has 3 aromatic rings. The van der Waals surface area contributed by atoms with Gasteiger partial charge in [0.05, 0.1) is 18.2 Å². The Morgan fingerprint density at radius 1 is 1.20 bits per heavy atom. The van der Waals surface area contributed by atoms with Gasteiger partial charge in [0, 0.05) is 11.8 Å². The number of nitrogens with one attached hydrogen (secondary N) is 1. The third-order valence-electron chi connectivity index (χ3n) is 3.77. The number of hydrogen-bond donors (Lipinski definition) is 2. The number of carbonyl (C=O) groups is 1. The van der Waals surface area contributed by atoms with Crippen molar-refractivity contribution in [3.05, 3.63) is 77.7 Å². The van der Waals surface area contributed by atoms with E-state index in [0.717, 1.165) is 5.69 Å². The van der Waals surface area contributed by atoms with Crippen LogP contribution in [0, 0.1) is 12.7 Å². The van der Waals surface area contributed by atoms with E-state index in [1.807, 2.05) is 13.0 Å². The molecule has 0 saturated heterocycles. The van der Waals surface area contributed by atoms with Crippen LogP contribution in [0.4, 0.5) is 10.2 Å². The highest BCUT2D eigenvalue weighted by atomic mass is 19.1. The molecule has 1 aromatic heterocycles. The first-order valence-electron chi connectivity index (χ1n) is 7.88. The summed E-state index contributed by atoms with van der Waals surface area (Å²) >= 11 is 0. The Hall–Kier alpha value is -2.99. The van der Waals surface area contributed by atoms with Crippen LogP contribution in [0.2, 0.25) is 0 Å². The minimum Gasteiger partial charge on any atom is -0.388 e. The van der Waals surface area contributed by atoms with E-state index in [1.165, 1.54) is 12.1 Å². The maximum absolute atomic E-state index is 13.4. The number of anilines is 1. The van der Waals surface area contributed by atoms with Crippen LogP contribution in [0.15, 0.2) is 60.7 Å². The first-order chi connectivity index (χ1) is 12.0. The van der Waals surface area contributed by atoms with Gasteiger partial charge in [-0.3, -0.25) is 4.79 Å². The first-order valence-corrected chi connectivity index (χ1v) is 7.88. The highest BCUT2D eigenvalue weighted by Crippen LogP contribution is 2.19. The molecule has 6 heteroatoms. The van der Waals surface area contributed by atoms with Gasteiger partial charge >= 0.3 is 0 Å². The van der Waals surface area contributed by atoms with Gasteiger partial charge in [0.25, 0.3) is 0 Å². The summed E-state index contributed by atoms with van der Waals surface area (Å²) in [5.74, 6) is -0.351. The number of aliphatic hydroxyl groups excluding tert-OH is 1. The number of nitrogens with zero attached hydrogens (tertiary/aromatic N) is 2. The molecule has 1 unspecified atom stereocenters. The normalized spacial score (nSPS) is 12.0. The predicted molar refractivity (Wildman–Crippen MR) is 92.9 cm³/mol. The van der Waals surface area contributed by atoms with Crippen molar-refractivity contribution in [2.24, 2.45) is 0 Å². The fourth-order valence-corrected chi connectivity index (χ4v) is 2.57. The molecule has 1 amide bonds. The number of aryl methyl sites for hydroxylation is 1. The zero-order chi connectivity index (χ0) is 17.8. The molecule has 0 bridgehead atoms. The van der Waals surface area contributed by atoms with Crippen LogP contribution in [-0.4, -0.2) is 20.8 Å². The van der Waals surface area contributed by atoms with E-state index in [9.17, 15) is 14.3 Å². The van der Waals surface area contributed by atoms with Gasteiger partial charge in [0.1, 0.15) is 5.82 Å². The Balaban J connectivity index is 1.69. The first kappa shape index (κ1) is 16.9. The van der Waals surface area contributed by atoms with E-state index in [2.05, 4.69) is 10.4 Å². The summed E-state index contributed by atoms with van der Waals surface area (Å²) in [6, 6.07) is 16.7. The Kier molecular flexibility index (Phi) is 4.90. The molecule has 0 aliphatic rings. The van der Waals surface area contributed by atoms with Crippen LogP contribution in [0.3, 0.4) is 0 Å². The van der Waals surface area contributed by atoms with Crippen LogP contribution in [0.25, 0.3) is 5.69 Å². The second-order valence-corrected chi connectivity index (χ2v) is 5.74. The number of aliphatic hydroxyl groups is 1. The predicted octanol–water partition coefficient (Wildman–Crippen LogP) is 3.38. The third-order valence-corrected chi connectivity index (χ3v) is 3.77. The molecular formula is C19H18FN3O2. The van der Waals surface area contributed by atoms with E-state index in [1.54, 1.807) is 47.1 Å². The molecule has 2 N–H and O–H groups in total. The maximum atomic E-state index is 13.4. The van der Waals surface area contributed by atoms with Crippen LogP contribution in [-0.2, 0) is 4.79 Å². The molecule has 0 radical (unpaired) electrons. The second kappa shape index (κ2) is 7.27. The molecule has 1 heterocycles. The van der Waals surface area contributed by atoms with E-state index >= 15 is 0 Å². The largest absolute Gasteiger partial charge is 0.388 e. The number of halogens is 1. The summed E-state index contributed by atoms with van der Waals surface area (Å²) in [5.41, 5.74) is 2.01. The SMILES string of the molecule is Cc1cc(NC(=O)CC(O)c2ccccc2)nn1-c1cccc(F)c1. The molecule has 0 saturated carbocycles. The maximum Gasteiger partial charge on any atom is 0.228 e. The molecule has 0 fully saturated rings. The van der Waals surface area contributed by atoms with Crippen molar-refractivity contribution in [2.75, 3.05) is 5.32 Å². The minimum absolute atomic E-state index is 0.0735. The number of rotatable bonds is 5. The summed E-state index contributed by atoms with van der Waals surface area (Å²) in [4.78, 5) is 12.1. The van der Waals surface area contributed by atoms with Gasteiger partial charge in [0.15, 0.2) is 5.82 Å². The number of aromatic nitrogens is 2. The summed E-state index contributed by atoms with van der Waals surface area (Å²) < 4.78 is 14.9. The topological polar surface area (TPSA) is 67.2 Å². The molecule has 25 heavy (non-hydrogen) atoms. The van der Waals surface area contributed by atoms with Crippen molar-refractivity contribution < 1.29 is 14.3 Å². The third kappa shape index (κ3) is 4.10. The molecule has 1 atom stereocenters. The Bertz CT molecular complexity index is 877. The van der Waals surface area contributed by atoms with Crippen molar-refractivity contribution in [1.29, 1.82) is 0 Å². The Morgan fingerprint density at radius 3 is 2.68 bits per heavy atom. The zero-order valence-electron chi connectivity index (χ0n) is 13.7. The van der Waals surface area contributed by atoms with E-state index in [0.29, 0.717) is 17.1 Å². The number of amides is 1. The smallest absolute Gasteiger partial charge is 0.228 e. The zero-order valence-corrected chi connectivity index (χ0v) is 13.7. The van der Waals surface area contributed by atoms with Gasteiger partial charge in [-0.1, -0.05) is 36.4 Å². The molecule has 0 aliphatic heterocycles. The minimum atomic E-state index is -0.882. The molecule has 0 aliphatic carbocycles. The quantitative estimate of drug-likeness (QED) is 0.749. The van der Waals surface area contributed by atoms with E-state index in [4.69, 9.17) is 0 Å². The van der Waals surface area contributed by atoms with E-state index < -0.39 is 6.10 Å². The van der Waals surface area contributed by atoms with Crippen molar-refractivity contribution in [1.82, 2.24) is 9.78 Å². The second-order valence-electron chi connectivity index (χ2n) is 5.74. The lowest BCUT2D eigenvalue weighted by atomic mass is 10.1. The van der Waals surface area contributed by atoms with Crippen molar-refractivity contribution in [3.63, 3.8) is 0 Å². The van der Waals surface area contributed by atoms with Gasteiger partial charge < -0.3 is 10.4 Å². The average Bonchev–Trinajstić information content (AvgIpc) is 2.95. The van der Waals surface area contributed by atoms with Crippen LogP contribution in [0.5, 0.6) is 0 Å². The molecule has 5 nitrogen and oxygen atoms in total. The van der Waals surface area contributed by atoms with E-state index in [-0.39, 0.29) is 18.1 Å². The van der Waals surface area contributed by atoms with Crippen LogP contribution in [0.1, 0.15) is 23.8 Å². The molecule has 3 rings (SSSR count). The molecular weight excluding hydrogens is 321 g/mol. The summed E-state index contributed by atoms with van der Waals surface area (Å²) in [6.07, 6.45) is -0.955. The molecule has 0 spiro atoms. The number of carbonyl (C=O) groups excluding carboxylic acids is 1. The lowest BCUT2D eigenvalue weighted by molar-refractivity contribution is -0.118. The lowest BCUT2D eigenvalue weighted by Crippen LogP contribution is -2.16. The standard InChI is InChI=1S/C19H18FN3O2/c1-13-10-18(22-23(13)16-9-5-8-15(20)11-16)21-19(25)12-17(24)14-6-3-2-4-7-14/h2-11,17,24H,12H2,1H3,(H,21,22,25). The van der Waals surface area contributed by atoms with Crippen LogP contribution < -0.4 is 5.32 Å². The van der Waals surface area contributed by atoms with Crippen molar-refractivity contribution in [2.45, 2.75) is 19.4 Å². The summed E-state index contributed by atoms with van der Waals surface area (Å²) in [7, 11) is 0. The highest BCUT2D eigenvalue weighted by molar-refractivity contribution is 5.90. The van der Waals surface area contributed by atoms with Gasteiger partial charge in [-0.15, -0.1) is 5.10 Å². The number of hydrogen-bond acceptors (Lipinski definition) is 3. The number of benzene rings is 2. The molecule has 2 aromatic carbocycles. The van der Waals surface area contributed by atoms with Gasteiger partial charge in [-0.2, -0.15) is 0 Å². The lowest BCUT2D eigenvalue weighted by Gasteiger charge is -2.10. The van der Waals surface area contributed by atoms with Gasteiger partial charge in [-0.25, -0.2) is 9.07 Å². The van der Waals surface area contributed by atoms with Gasteiger partial charge in [-0.05, 0) is 30.7 Å². The van der Waals surface area contributed by atoms with Crippen molar-refractivity contribution >= 4 is 11.7 Å². The van der Waals surface area contributed by atoms with Crippen LogP contribution >= 0.6 is 0 Å². The van der Waals surface area contributed by atoms with Crippen molar-refractivity contribution in [3.8, 4) is 5.69 Å². The highest BCUT2D eigenvalue weighted by Gasteiger charge is 2.15. The summed E-state index contributed by atoms with van der Waals surface area (Å²) in [5, 5.41) is 17.1. The monoisotopic (exact) mass is 339 g/mol.